The third-order valence-corrected chi connectivity index (χ3v) is 2.95. The standard InChI is InChI=1S/C14H15N3O4/c18-7-5-12(13(19)20)17-14(21)16-11-3-1-2-9-4-6-15-8-10(9)11/h1-4,6,8,12,18H,5,7H2,(H,19,20)(H2,16,17,21)/t12-/m0/s1. The third kappa shape index (κ3) is 3.67. The first-order valence-electron chi connectivity index (χ1n) is 6.35. The first kappa shape index (κ1) is 14.7. The predicted molar refractivity (Wildman–Crippen MR) is 77.0 cm³/mol. The van der Waals surface area contributed by atoms with Gasteiger partial charge in [0.15, 0.2) is 0 Å². The van der Waals surface area contributed by atoms with E-state index >= 15 is 0 Å². The SMILES string of the molecule is O=C(Nc1cccc2ccncc12)N[C@@H](CCO)C(=O)O. The van der Waals surface area contributed by atoms with Crippen LogP contribution in [0.2, 0.25) is 0 Å². The number of carbonyl (C=O) groups excluding carboxylic acids is 1. The van der Waals surface area contributed by atoms with Gasteiger partial charge in [0.25, 0.3) is 0 Å². The molecule has 21 heavy (non-hydrogen) atoms. The van der Waals surface area contributed by atoms with E-state index in [1.807, 2.05) is 12.1 Å². The minimum atomic E-state index is -1.20. The summed E-state index contributed by atoms with van der Waals surface area (Å²) in [6.07, 6.45) is 3.21. The van der Waals surface area contributed by atoms with Gasteiger partial charge in [0.2, 0.25) is 0 Å². The summed E-state index contributed by atoms with van der Waals surface area (Å²) in [4.78, 5) is 26.8. The predicted octanol–water partition coefficient (Wildman–Crippen LogP) is 1.19. The highest BCUT2D eigenvalue weighted by Gasteiger charge is 2.19. The van der Waals surface area contributed by atoms with Crippen LogP contribution in [-0.4, -0.2) is 39.8 Å². The van der Waals surface area contributed by atoms with Gasteiger partial charge in [-0.15, -0.1) is 0 Å². The Morgan fingerprint density at radius 3 is 2.81 bits per heavy atom. The normalized spacial score (nSPS) is 11.9. The maximum absolute atomic E-state index is 11.9. The molecule has 0 aliphatic carbocycles. The molecule has 4 N–H and O–H groups in total. The lowest BCUT2D eigenvalue weighted by Gasteiger charge is -2.14. The molecule has 1 aromatic carbocycles. The Labute approximate surface area is 120 Å². The van der Waals surface area contributed by atoms with Crippen LogP contribution in [-0.2, 0) is 4.79 Å². The highest BCUT2D eigenvalue weighted by molar-refractivity contribution is 6.01. The van der Waals surface area contributed by atoms with Crippen molar-refractivity contribution < 1.29 is 19.8 Å². The average Bonchev–Trinajstić information content (AvgIpc) is 2.47. The quantitative estimate of drug-likeness (QED) is 0.660. The number of aliphatic hydroxyl groups excluding tert-OH is 1. The number of urea groups is 1. The second-order valence-electron chi connectivity index (χ2n) is 4.40. The van der Waals surface area contributed by atoms with Crippen LogP contribution in [0, 0.1) is 0 Å². The monoisotopic (exact) mass is 289 g/mol. The molecule has 1 aromatic heterocycles. The zero-order valence-corrected chi connectivity index (χ0v) is 11.1. The molecular formula is C14H15N3O4. The number of aromatic nitrogens is 1. The van der Waals surface area contributed by atoms with Crippen LogP contribution < -0.4 is 10.6 Å². The number of hydrogen-bond acceptors (Lipinski definition) is 4. The molecule has 110 valence electrons. The van der Waals surface area contributed by atoms with E-state index in [9.17, 15) is 9.59 Å². The molecule has 1 heterocycles. The lowest BCUT2D eigenvalue weighted by atomic mass is 10.1. The van der Waals surface area contributed by atoms with Crippen LogP contribution in [0.15, 0.2) is 36.7 Å². The Bertz CT molecular complexity index is 654. The number of nitrogens with zero attached hydrogens (tertiary/aromatic N) is 1. The van der Waals surface area contributed by atoms with E-state index in [2.05, 4.69) is 15.6 Å². The summed E-state index contributed by atoms with van der Waals surface area (Å²) in [5.74, 6) is -1.20. The summed E-state index contributed by atoms with van der Waals surface area (Å²) in [7, 11) is 0. The van der Waals surface area contributed by atoms with Crippen LogP contribution in [0.3, 0.4) is 0 Å². The minimum Gasteiger partial charge on any atom is -0.480 e. The Morgan fingerprint density at radius 2 is 2.10 bits per heavy atom. The lowest BCUT2D eigenvalue weighted by molar-refractivity contribution is -0.139. The molecule has 2 aromatic rings. The summed E-state index contributed by atoms with van der Waals surface area (Å²) in [6.45, 7) is -0.324. The zero-order chi connectivity index (χ0) is 15.2. The van der Waals surface area contributed by atoms with E-state index in [0.29, 0.717) is 5.69 Å². The van der Waals surface area contributed by atoms with Gasteiger partial charge < -0.3 is 20.8 Å². The molecule has 0 unspecified atom stereocenters. The summed E-state index contributed by atoms with van der Waals surface area (Å²) in [6, 6.07) is 5.39. The molecule has 0 saturated carbocycles. The highest BCUT2D eigenvalue weighted by Crippen LogP contribution is 2.21. The number of rotatable bonds is 5. The van der Waals surface area contributed by atoms with Gasteiger partial charge in [0, 0.05) is 30.8 Å². The average molecular weight is 289 g/mol. The summed E-state index contributed by atoms with van der Waals surface area (Å²) < 4.78 is 0. The van der Waals surface area contributed by atoms with Gasteiger partial charge in [-0.05, 0) is 17.5 Å². The van der Waals surface area contributed by atoms with Crippen molar-refractivity contribution in [2.45, 2.75) is 12.5 Å². The molecule has 0 fully saturated rings. The largest absolute Gasteiger partial charge is 0.480 e. The second kappa shape index (κ2) is 6.67. The Balaban J connectivity index is 2.13. The van der Waals surface area contributed by atoms with Crippen molar-refractivity contribution in [1.82, 2.24) is 10.3 Å². The fraction of sp³-hybridized carbons (Fsp3) is 0.214. The number of anilines is 1. The number of fused-ring (bicyclic) bond motifs is 1. The first-order valence-corrected chi connectivity index (χ1v) is 6.35. The van der Waals surface area contributed by atoms with E-state index < -0.39 is 18.0 Å². The molecule has 0 saturated heterocycles. The van der Waals surface area contributed by atoms with Crippen molar-refractivity contribution >= 4 is 28.5 Å². The molecule has 2 amide bonds. The molecule has 7 heteroatoms. The van der Waals surface area contributed by atoms with Gasteiger partial charge in [-0.3, -0.25) is 4.98 Å². The number of carboxylic acid groups (broad SMARTS) is 1. The van der Waals surface area contributed by atoms with Gasteiger partial charge in [-0.25, -0.2) is 9.59 Å². The Kier molecular flexibility index (Phi) is 4.68. The molecule has 0 aliphatic rings. The molecular weight excluding hydrogens is 274 g/mol. The number of aliphatic hydroxyl groups is 1. The van der Waals surface area contributed by atoms with Gasteiger partial charge in [-0.2, -0.15) is 0 Å². The minimum absolute atomic E-state index is 0.0557. The number of carbonyl (C=O) groups is 2. The van der Waals surface area contributed by atoms with Gasteiger partial charge in [-0.1, -0.05) is 12.1 Å². The van der Waals surface area contributed by atoms with Crippen LogP contribution >= 0.6 is 0 Å². The number of pyridine rings is 1. The first-order chi connectivity index (χ1) is 10.1. The van der Waals surface area contributed by atoms with Crippen molar-refractivity contribution in [2.75, 3.05) is 11.9 Å². The van der Waals surface area contributed by atoms with Crippen molar-refractivity contribution in [3.8, 4) is 0 Å². The van der Waals surface area contributed by atoms with Crippen molar-refractivity contribution in [2.24, 2.45) is 0 Å². The van der Waals surface area contributed by atoms with E-state index in [4.69, 9.17) is 10.2 Å². The third-order valence-electron chi connectivity index (χ3n) is 2.95. The number of benzene rings is 1. The molecule has 0 radical (unpaired) electrons. The molecule has 2 rings (SSSR count). The summed E-state index contributed by atoms with van der Waals surface area (Å²) in [5, 5.41) is 24.3. The van der Waals surface area contributed by atoms with Crippen LogP contribution in [0.5, 0.6) is 0 Å². The Hall–Kier alpha value is -2.67. The molecule has 0 bridgehead atoms. The van der Waals surface area contributed by atoms with E-state index in [1.165, 1.54) is 0 Å². The number of aliphatic carboxylic acids is 1. The Morgan fingerprint density at radius 1 is 1.29 bits per heavy atom. The second-order valence-corrected chi connectivity index (χ2v) is 4.40. The maximum atomic E-state index is 11.9. The lowest BCUT2D eigenvalue weighted by Crippen LogP contribution is -2.43. The summed E-state index contributed by atoms with van der Waals surface area (Å²) >= 11 is 0. The molecule has 1 atom stereocenters. The van der Waals surface area contributed by atoms with Crippen LogP contribution in [0.1, 0.15) is 6.42 Å². The smallest absolute Gasteiger partial charge is 0.326 e. The fourth-order valence-electron chi connectivity index (χ4n) is 1.93. The highest BCUT2D eigenvalue weighted by atomic mass is 16.4. The number of amides is 2. The molecule has 0 aliphatic heterocycles. The van der Waals surface area contributed by atoms with Crippen molar-refractivity contribution in [1.29, 1.82) is 0 Å². The van der Waals surface area contributed by atoms with Crippen LogP contribution in [0.25, 0.3) is 10.8 Å². The zero-order valence-electron chi connectivity index (χ0n) is 11.1. The van der Waals surface area contributed by atoms with Gasteiger partial charge in [0.1, 0.15) is 6.04 Å². The fourth-order valence-corrected chi connectivity index (χ4v) is 1.93. The van der Waals surface area contributed by atoms with Crippen LogP contribution in [0.4, 0.5) is 10.5 Å². The number of hydrogen-bond donors (Lipinski definition) is 4. The molecule has 0 spiro atoms. The number of nitrogens with one attached hydrogen (secondary N) is 2. The molecule has 7 nitrogen and oxygen atoms in total. The summed E-state index contributed by atoms with van der Waals surface area (Å²) in [5.41, 5.74) is 0.534. The van der Waals surface area contributed by atoms with E-state index in [-0.39, 0.29) is 13.0 Å². The van der Waals surface area contributed by atoms with Crippen molar-refractivity contribution in [3.05, 3.63) is 36.7 Å². The van der Waals surface area contributed by atoms with Crippen molar-refractivity contribution in [3.63, 3.8) is 0 Å². The topological polar surface area (TPSA) is 112 Å². The van der Waals surface area contributed by atoms with E-state index in [1.54, 1.807) is 24.5 Å². The van der Waals surface area contributed by atoms with E-state index in [0.717, 1.165) is 10.8 Å². The van der Waals surface area contributed by atoms with Gasteiger partial charge >= 0.3 is 12.0 Å². The maximum Gasteiger partial charge on any atom is 0.326 e. The number of carboxylic acids is 1. The van der Waals surface area contributed by atoms with Gasteiger partial charge in [0.05, 0.1) is 5.69 Å².